The molecule has 0 radical (unpaired) electrons. The van der Waals surface area contributed by atoms with Gasteiger partial charge >= 0.3 is 0 Å². The van der Waals surface area contributed by atoms with Crippen LogP contribution >= 0.6 is 11.6 Å². The second-order valence-corrected chi connectivity index (χ2v) is 5.06. The van der Waals surface area contributed by atoms with Gasteiger partial charge in [-0.05, 0) is 31.5 Å². The summed E-state index contributed by atoms with van der Waals surface area (Å²) < 4.78 is 5.72. The molecule has 0 spiro atoms. The maximum Gasteiger partial charge on any atom is 0.0726 e. The van der Waals surface area contributed by atoms with Gasteiger partial charge < -0.3 is 15.4 Å². The van der Waals surface area contributed by atoms with Crippen LogP contribution in [0.1, 0.15) is 19.4 Å². The molecule has 0 saturated carbocycles. The van der Waals surface area contributed by atoms with Gasteiger partial charge in [0.15, 0.2) is 0 Å². The Morgan fingerprint density at radius 2 is 2.00 bits per heavy atom. The zero-order valence-corrected chi connectivity index (χ0v) is 11.1. The number of rotatable bonds is 2. The summed E-state index contributed by atoms with van der Waals surface area (Å²) in [7, 11) is 0. The Morgan fingerprint density at radius 1 is 1.35 bits per heavy atom. The van der Waals surface area contributed by atoms with Gasteiger partial charge in [0.1, 0.15) is 0 Å². The predicted molar refractivity (Wildman–Crippen MR) is 71.6 cm³/mol. The average molecular weight is 255 g/mol. The molecule has 0 aliphatic carbocycles. The zero-order valence-electron chi connectivity index (χ0n) is 10.3. The summed E-state index contributed by atoms with van der Waals surface area (Å²) in [6.45, 7) is 6.46. The van der Waals surface area contributed by atoms with Gasteiger partial charge in [0.05, 0.1) is 22.9 Å². The number of halogens is 1. The molecule has 1 aromatic rings. The number of nitrogens with zero attached hydrogens (tertiary/aromatic N) is 1. The lowest BCUT2D eigenvalue weighted by molar-refractivity contribution is -0.00520. The number of benzene rings is 1. The minimum Gasteiger partial charge on any atom is -0.372 e. The first-order valence-electron chi connectivity index (χ1n) is 5.99. The third-order valence-electron chi connectivity index (χ3n) is 3.01. The van der Waals surface area contributed by atoms with Crippen molar-refractivity contribution in [2.24, 2.45) is 5.73 Å². The van der Waals surface area contributed by atoms with Crippen LogP contribution in [-0.4, -0.2) is 25.3 Å². The summed E-state index contributed by atoms with van der Waals surface area (Å²) in [5.74, 6) is 0. The van der Waals surface area contributed by atoms with E-state index in [-0.39, 0.29) is 12.2 Å². The number of morpholine rings is 1. The molecule has 1 heterocycles. The molecular weight excluding hydrogens is 236 g/mol. The summed E-state index contributed by atoms with van der Waals surface area (Å²) in [5.41, 5.74) is 7.74. The van der Waals surface area contributed by atoms with E-state index in [1.54, 1.807) is 0 Å². The highest BCUT2D eigenvalue weighted by Gasteiger charge is 2.23. The zero-order chi connectivity index (χ0) is 12.4. The van der Waals surface area contributed by atoms with Crippen LogP contribution in [0.5, 0.6) is 0 Å². The third-order valence-corrected chi connectivity index (χ3v) is 3.31. The molecule has 0 amide bonds. The second-order valence-electron chi connectivity index (χ2n) is 4.65. The normalized spacial score (nSPS) is 25.1. The monoisotopic (exact) mass is 254 g/mol. The fourth-order valence-corrected chi connectivity index (χ4v) is 2.63. The Labute approximate surface area is 107 Å². The van der Waals surface area contributed by atoms with Crippen LogP contribution in [0.15, 0.2) is 18.2 Å². The number of anilines is 1. The molecule has 94 valence electrons. The Balaban J connectivity index is 2.21. The molecule has 1 fully saturated rings. The molecule has 1 aliphatic heterocycles. The molecule has 1 aliphatic rings. The lowest BCUT2D eigenvalue weighted by Gasteiger charge is -2.37. The molecule has 1 aromatic carbocycles. The van der Waals surface area contributed by atoms with E-state index in [1.807, 2.05) is 12.1 Å². The quantitative estimate of drug-likeness (QED) is 0.881. The topological polar surface area (TPSA) is 38.5 Å². The molecule has 2 atom stereocenters. The second kappa shape index (κ2) is 5.25. The minimum atomic E-state index is 0.240. The van der Waals surface area contributed by atoms with Crippen molar-refractivity contribution < 1.29 is 4.74 Å². The molecule has 2 unspecified atom stereocenters. The summed E-state index contributed by atoms with van der Waals surface area (Å²) in [5, 5.41) is 0.772. The lowest BCUT2D eigenvalue weighted by Crippen LogP contribution is -2.45. The van der Waals surface area contributed by atoms with Crippen molar-refractivity contribution in [3.63, 3.8) is 0 Å². The first kappa shape index (κ1) is 12.7. The van der Waals surface area contributed by atoms with Crippen LogP contribution in [-0.2, 0) is 11.3 Å². The van der Waals surface area contributed by atoms with Gasteiger partial charge in [-0.3, -0.25) is 0 Å². The molecule has 17 heavy (non-hydrogen) atoms. The third kappa shape index (κ3) is 2.92. The highest BCUT2D eigenvalue weighted by molar-refractivity contribution is 6.33. The summed E-state index contributed by atoms with van der Waals surface area (Å²) in [4.78, 5) is 2.28. The Kier molecular flexibility index (Phi) is 3.92. The van der Waals surface area contributed by atoms with Gasteiger partial charge in [-0.15, -0.1) is 0 Å². The van der Waals surface area contributed by atoms with Gasteiger partial charge in [-0.25, -0.2) is 0 Å². The van der Waals surface area contributed by atoms with Crippen molar-refractivity contribution in [2.75, 3.05) is 18.0 Å². The summed E-state index contributed by atoms with van der Waals surface area (Å²) >= 11 is 6.30. The Morgan fingerprint density at radius 3 is 2.53 bits per heavy atom. The fourth-order valence-electron chi connectivity index (χ4n) is 2.31. The molecule has 0 bridgehead atoms. The maximum atomic E-state index is 6.30. The highest BCUT2D eigenvalue weighted by Crippen LogP contribution is 2.29. The van der Waals surface area contributed by atoms with E-state index in [0.29, 0.717) is 6.54 Å². The fraction of sp³-hybridized carbons (Fsp3) is 0.538. The van der Waals surface area contributed by atoms with Crippen LogP contribution in [0, 0.1) is 0 Å². The van der Waals surface area contributed by atoms with Gasteiger partial charge in [0.25, 0.3) is 0 Å². The van der Waals surface area contributed by atoms with E-state index in [9.17, 15) is 0 Å². The van der Waals surface area contributed by atoms with Gasteiger partial charge in [0.2, 0.25) is 0 Å². The van der Waals surface area contributed by atoms with Crippen molar-refractivity contribution in [3.05, 3.63) is 28.8 Å². The average Bonchev–Trinajstić information content (AvgIpc) is 2.27. The SMILES string of the molecule is CC1CN(c2ccc(CN)cc2Cl)CC(C)O1. The van der Waals surface area contributed by atoms with E-state index in [1.165, 1.54) is 0 Å². The van der Waals surface area contributed by atoms with Crippen LogP contribution in [0.25, 0.3) is 0 Å². The van der Waals surface area contributed by atoms with Crippen LogP contribution in [0.2, 0.25) is 5.02 Å². The lowest BCUT2D eigenvalue weighted by atomic mass is 10.1. The first-order chi connectivity index (χ1) is 8.10. The van der Waals surface area contributed by atoms with E-state index in [2.05, 4.69) is 24.8 Å². The Hall–Kier alpha value is -0.770. The molecule has 2 rings (SSSR count). The molecule has 3 nitrogen and oxygen atoms in total. The standard InChI is InChI=1S/C13H19ClN2O/c1-9-7-16(8-10(2)17-9)13-4-3-11(6-15)5-12(13)14/h3-5,9-10H,6-8,15H2,1-2H3. The number of hydrogen-bond donors (Lipinski definition) is 1. The van der Waals surface area contributed by atoms with E-state index < -0.39 is 0 Å². The van der Waals surface area contributed by atoms with E-state index in [0.717, 1.165) is 29.4 Å². The van der Waals surface area contributed by atoms with Gasteiger partial charge in [-0.2, -0.15) is 0 Å². The minimum absolute atomic E-state index is 0.240. The van der Waals surface area contributed by atoms with E-state index >= 15 is 0 Å². The van der Waals surface area contributed by atoms with Crippen LogP contribution < -0.4 is 10.6 Å². The summed E-state index contributed by atoms with van der Waals surface area (Å²) in [6.07, 6.45) is 0.480. The number of hydrogen-bond acceptors (Lipinski definition) is 3. The smallest absolute Gasteiger partial charge is 0.0726 e. The molecule has 0 aromatic heterocycles. The Bertz CT molecular complexity index is 387. The largest absolute Gasteiger partial charge is 0.372 e. The molecular formula is C13H19ClN2O. The van der Waals surface area contributed by atoms with Gasteiger partial charge in [0, 0.05) is 19.6 Å². The van der Waals surface area contributed by atoms with Crippen molar-refractivity contribution in [1.82, 2.24) is 0 Å². The van der Waals surface area contributed by atoms with Crippen molar-refractivity contribution >= 4 is 17.3 Å². The first-order valence-corrected chi connectivity index (χ1v) is 6.37. The maximum absolute atomic E-state index is 6.30. The number of nitrogens with two attached hydrogens (primary N) is 1. The van der Waals surface area contributed by atoms with Crippen molar-refractivity contribution in [2.45, 2.75) is 32.6 Å². The highest BCUT2D eigenvalue weighted by atomic mass is 35.5. The van der Waals surface area contributed by atoms with Crippen molar-refractivity contribution in [3.8, 4) is 0 Å². The van der Waals surface area contributed by atoms with E-state index in [4.69, 9.17) is 22.1 Å². The van der Waals surface area contributed by atoms with Crippen LogP contribution in [0.3, 0.4) is 0 Å². The van der Waals surface area contributed by atoms with Crippen LogP contribution in [0.4, 0.5) is 5.69 Å². The molecule has 2 N–H and O–H groups in total. The predicted octanol–water partition coefficient (Wildman–Crippen LogP) is 2.41. The molecule has 4 heteroatoms. The molecule has 1 saturated heterocycles. The van der Waals surface area contributed by atoms with Gasteiger partial charge in [-0.1, -0.05) is 17.7 Å². The summed E-state index contributed by atoms with van der Waals surface area (Å²) in [6, 6.07) is 6.03. The van der Waals surface area contributed by atoms with Crippen molar-refractivity contribution in [1.29, 1.82) is 0 Å². The number of ether oxygens (including phenoxy) is 1.